The van der Waals surface area contributed by atoms with Gasteiger partial charge in [-0.1, -0.05) is 12.1 Å². The fourth-order valence-electron chi connectivity index (χ4n) is 3.92. The molecule has 158 valence electrons. The van der Waals surface area contributed by atoms with E-state index in [0.29, 0.717) is 23.4 Å². The SMILES string of the molecule is CCN1C(=O)N[C@@H](c2cccc([N+](=O)[O-])c2)C2=C1CN([C@H](C)C(=O)NC1CC1)C2=O. The summed E-state index contributed by atoms with van der Waals surface area (Å²) in [6, 6.07) is 4.17. The monoisotopic (exact) mass is 413 g/mol. The van der Waals surface area contributed by atoms with Gasteiger partial charge in [-0.3, -0.25) is 24.6 Å². The molecule has 1 saturated carbocycles. The zero-order valence-electron chi connectivity index (χ0n) is 16.8. The maximum absolute atomic E-state index is 13.3. The third-order valence-corrected chi connectivity index (χ3v) is 5.75. The van der Waals surface area contributed by atoms with Crippen molar-refractivity contribution in [3.63, 3.8) is 0 Å². The van der Waals surface area contributed by atoms with Crippen LogP contribution in [0.1, 0.15) is 38.3 Å². The molecule has 2 heterocycles. The average Bonchev–Trinajstić information content (AvgIpc) is 3.48. The van der Waals surface area contributed by atoms with Crippen molar-refractivity contribution in [3.05, 3.63) is 51.2 Å². The Kier molecular flexibility index (Phi) is 4.92. The number of likely N-dealkylation sites (N-methyl/N-ethyl adjacent to an activating group) is 1. The van der Waals surface area contributed by atoms with Crippen LogP contribution in [0.5, 0.6) is 0 Å². The first-order valence-corrected chi connectivity index (χ1v) is 9.98. The normalized spacial score (nSPS) is 22.0. The standard InChI is InChI=1S/C20H23N5O5/c1-3-23-15-10-24(11(2)18(26)21-13-7-8-13)19(27)16(15)17(22-20(23)28)12-5-4-6-14(9-12)25(29)30/h4-6,9,11,13,17H,3,7-8,10H2,1-2H3,(H,21,26)(H,22,28)/t11-,17+/m1/s1. The molecule has 0 radical (unpaired) electrons. The summed E-state index contributed by atoms with van der Waals surface area (Å²) < 4.78 is 0. The zero-order valence-corrected chi connectivity index (χ0v) is 16.8. The molecule has 4 amide bonds. The van der Waals surface area contributed by atoms with E-state index in [4.69, 9.17) is 0 Å². The molecular formula is C20H23N5O5. The van der Waals surface area contributed by atoms with Crippen molar-refractivity contribution in [2.75, 3.05) is 13.1 Å². The van der Waals surface area contributed by atoms with Gasteiger partial charge < -0.3 is 15.5 Å². The highest BCUT2D eigenvalue weighted by molar-refractivity contribution is 6.03. The van der Waals surface area contributed by atoms with Crippen molar-refractivity contribution in [1.82, 2.24) is 20.4 Å². The van der Waals surface area contributed by atoms with E-state index in [2.05, 4.69) is 10.6 Å². The number of carbonyl (C=O) groups excluding carboxylic acids is 3. The minimum Gasteiger partial charge on any atom is -0.352 e. The molecule has 1 fully saturated rings. The number of hydrogen-bond donors (Lipinski definition) is 2. The fraction of sp³-hybridized carbons (Fsp3) is 0.450. The predicted octanol–water partition coefficient (Wildman–Crippen LogP) is 1.44. The lowest BCUT2D eigenvalue weighted by Gasteiger charge is -2.32. The topological polar surface area (TPSA) is 125 Å². The molecule has 30 heavy (non-hydrogen) atoms. The van der Waals surface area contributed by atoms with Crippen LogP contribution in [0, 0.1) is 10.1 Å². The van der Waals surface area contributed by atoms with Gasteiger partial charge in [-0.05, 0) is 32.3 Å². The van der Waals surface area contributed by atoms with Crippen LogP contribution in [0.2, 0.25) is 0 Å². The van der Waals surface area contributed by atoms with Crippen molar-refractivity contribution in [1.29, 1.82) is 0 Å². The van der Waals surface area contributed by atoms with Gasteiger partial charge in [0.15, 0.2) is 0 Å². The Balaban J connectivity index is 1.68. The highest BCUT2D eigenvalue weighted by atomic mass is 16.6. The number of rotatable bonds is 6. The number of hydrogen-bond acceptors (Lipinski definition) is 5. The lowest BCUT2D eigenvalue weighted by molar-refractivity contribution is -0.384. The number of non-ortho nitro benzene ring substituents is 1. The quantitative estimate of drug-likeness (QED) is 0.539. The van der Waals surface area contributed by atoms with Gasteiger partial charge in [0, 0.05) is 24.7 Å². The average molecular weight is 413 g/mol. The molecule has 3 aliphatic rings. The predicted molar refractivity (Wildman–Crippen MR) is 106 cm³/mol. The van der Waals surface area contributed by atoms with Gasteiger partial charge in [0.1, 0.15) is 6.04 Å². The van der Waals surface area contributed by atoms with Crippen LogP contribution >= 0.6 is 0 Å². The maximum Gasteiger partial charge on any atom is 0.322 e. The van der Waals surface area contributed by atoms with E-state index in [9.17, 15) is 24.5 Å². The summed E-state index contributed by atoms with van der Waals surface area (Å²) in [5.74, 6) is -0.571. The first-order valence-electron chi connectivity index (χ1n) is 9.98. The lowest BCUT2D eigenvalue weighted by Crippen LogP contribution is -2.47. The minimum absolute atomic E-state index is 0.124. The Bertz CT molecular complexity index is 970. The fourth-order valence-corrected chi connectivity index (χ4v) is 3.92. The molecule has 10 heteroatoms. The Morgan fingerprint density at radius 2 is 2.10 bits per heavy atom. The van der Waals surface area contributed by atoms with Crippen LogP contribution in [0.4, 0.5) is 10.5 Å². The number of nitrogens with zero attached hydrogens (tertiary/aromatic N) is 3. The highest BCUT2D eigenvalue weighted by Gasteiger charge is 2.46. The van der Waals surface area contributed by atoms with E-state index in [1.54, 1.807) is 19.9 Å². The van der Waals surface area contributed by atoms with E-state index in [0.717, 1.165) is 12.8 Å². The van der Waals surface area contributed by atoms with E-state index >= 15 is 0 Å². The molecule has 0 saturated heterocycles. The number of carbonyl (C=O) groups is 3. The Morgan fingerprint density at radius 3 is 2.73 bits per heavy atom. The van der Waals surface area contributed by atoms with Gasteiger partial charge in [0.25, 0.3) is 11.6 Å². The second-order valence-electron chi connectivity index (χ2n) is 7.73. The van der Waals surface area contributed by atoms with Gasteiger partial charge in [-0.25, -0.2) is 4.79 Å². The second-order valence-corrected chi connectivity index (χ2v) is 7.73. The van der Waals surface area contributed by atoms with Crippen molar-refractivity contribution in [3.8, 4) is 0 Å². The van der Waals surface area contributed by atoms with Crippen molar-refractivity contribution in [2.24, 2.45) is 0 Å². The molecule has 1 aliphatic carbocycles. The van der Waals surface area contributed by atoms with Crippen LogP contribution in [0.3, 0.4) is 0 Å². The first-order chi connectivity index (χ1) is 14.3. The van der Waals surface area contributed by atoms with Crippen LogP contribution < -0.4 is 10.6 Å². The molecule has 2 atom stereocenters. The number of benzene rings is 1. The molecule has 0 aromatic heterocycles. The molecule has 2 aliphatic heterocycles. The zero-order chi connectivity index (χ0) is 21.6. The van der Waals surface area contributed by atoms with Crippen LogP contribution in [-0.4, -0.2) is 57.7 Å². The molecule has 4 rings (SSSR count). The van der Waals surface area contributed by atoms with Gasteiger partial charge in [-0.15, -0.1) is 0 Å². The Labute approximate surface area is 173 Å². The molecule has 1 aromatic rings. The van der Waals surface area contributed by atoms with E-state index in [1.165, 1.54) is 28.0 Å². The number of nitro groups is 1. The number of nitro benzene ring substituents is 1. The molecule has 10 nitrogen and oxygen atoms in total. The molecule has 0 spiro atoms. The van der Waals surface area contributed by atoms with Gasteiger partial charge in [0.05, 0.1) is 28.8 Å². The van der Waals surface area contributed by atoms with Crippen molar-refractivity contribution < 1.29 is 19.3 Å². The third kappa shape index (κ3) is 3.38. The summed E-state index contributed by atoms with van der Waals surface area (Å²) in [4.78, 5) is 52.1. The van der Waals surface area contributed by atoms with Crippen LogP contribution in [0.15, 0.2) is 35.5 Å². The summed E-state index contributed by atoms with van der Waals surface area (Å²) in [5, 5.41) is 16.9. The minimum atomic E-state index is -0.814. The summed E-state index contributed by atoms with van der Waals surface area (Å²) in [6.07, 6.45) is 1.89. The third-order valence-electron chi connectivity index (χ3n) is 5.75. The first kappa shape index (κ1) is 19.9. The maximum atomic E-state index is 13.3. The largest absolute Gasteiger partial charge is 0.352 e. The summed E-state index contributed by atoms with van der Waals surface area (Å²) >= 11 is 0. The smallest absolute Gasteiger partial charge is 0.322 e. The van der Waals surface area contributed by atoms with E-state index in [-0.39, 0.29) is 36.1 Å². The Morgan fingerprint density at radius 1 is 1.37 bits per heavy atom. The number of nitrogens with one attached hydrogen (secondary N) is 2. The molecular weight excluding hydrogens is 390 g/mol. The molecule has 0 bridgehead atoms. The lowest BCUT2D eigenvalue weighted by atomic mass is 9.95. The molecule has 0 unspecified atom stereocenters. The molecule has 2 N–H and O–H groups in total. The van der Waals surface area contributed by atoms with Crippen LogP contribution in [0.25, 0.3) is 0 Å². The second kappa shape index (κ2) is 7.43. The number of urea groups is 1. The van der Waals surface area contributed by atoms with E-state index < -0.39 is 17.0 Å². The van der Waals surface area contributed by atoms with Gasteiger partial charge in [0.2, 0.25) is 5.91 Å². The highest BCUT2D eigenvalue weighted by Crippen LogP contribution is 2.37. The summed E-state index contributed by atoms with van der Waals surface area (Å²) in [6.45, 7) is 3.96. The van der Waals surface area contributed by atoms with Gasteiger partial charge >= 0.3 is 6.03 Å². The van der Waals surface area contributed by atoms with Gasteiger partial charge in [-0.2, -0.15) is 0 Å². The Hall–Kier alpha value is -3.43. The van der Waals surface area contributed by atoms with E-state index in [1.807, 2.05) is 0 Å². The summed E-state index contributed by atoms with van der Waals surface area (Å²) in [5.41, 5.74) is 1.21. The summed E-state index contributed by atoms with van der Waals surface area (Å²) in [7, 11) is 0. The van der Waals surface area contributed by atoms with Crippen molar-refractivity contribution in [2.45, 2.75) is 44.8 Å². The van der Waals surface area contributed by atoms with Crippen molar-refractivity contribution >= 4 is 23.5 Å². The number of amides is 4. The van der Waals surface area contributed by atoms with Crippen LogP contribution in [-0.2, 0) is 9.59 Å². The molecule has 1 aromatic carbocycles.